The van der Waals surface area contributed by atoms with Crippen molar-refractivity contribution in [2.45, 2.75) is 58.8 Å². The van der Waals surface area contributed by atoms with Crippen molar-refractivity contribution in [3.8, 4) is 0 Å². The maximum absolute atomic E-state index is 2.52. The largest absolute Gasteiger partial charge is 0.0587 e. The molecule has 4 aromatic carbocycles. The van der Waals surface area contributed by atoms with Crippen molar-refractivity contribution < 1.29 is 0 Å². The normalized spacial score (nSPS) is 23.0. The maximum atomic E-state index is 2.52. The Morgan fingerprint density at radius 3 is 1.90 bits per heavy atom. The van der Waals surface area contributed by atoms with E-state index in [0.717, 1.165) is 0 Å². The summed E-state index contributed by atoms with van der Waals surface area (Å²) in [4.78, 5) is 0. The highest BCUT2D eigenvalue weighted by Gasteiger charge is 2.42. The molecular formula is C30H30. The molecule has 4 aromatic rings. The molecule has 2 atom stereocenters. The van der Waals surface area contributed by atoms with E-state index in [9.17, 15) is 0 Å². The lowest BCUT2D eigenvalue weighted by Gasteiger charge is -2.47. The summed E-state index contributed by atoms with van der Waals surface area (Å²) in [5, 5.41) is 5.63. The molecule has 0 bridgehead atoms. The lowest BCUT2D eigenvalue weighted by atomic mass is 9.57. The summed E-state index contributed by atoms with van der Waals surface area (Å²) in [7, 11) is 0. The Morgan fingerprint density at radius 1 is 0.633 bits per heavy atom. The van der Waals surface area contributed by atoms with E-state index in [1.165, 1.54) is 64.8 Å². The number of fused-ring (bicyclic) bond motifs is 4. The van der Waals surface area contributed by atoms with Crippen LogP contribution in [-0.4, -0.2) is 0 Å². The van der Waals surface area contributed by atoms with Crippen molar-refractivity contribution in [3.05, 3.63) is 94.0 Å². The Bertz CT molecular complexity index is 1300. The molecule has 1 spiro atoms. The van der Waals surface area contributed by atoms with Gasteiger partial charge in [0, 0.05) is 0 Å². The zero-order chi connectivity index (χ0) is 20.5. The zero-order valence-electron chi connectivity index (χ0n) is 18.4. The number of rotatable bonds is 0. The number of benzene rings is 4. The molecule has 150 valence electrons. The van der Waals surface area contributed by atoms with E-state index < -0.39 is 0 Å². The summed E-state index contributed by atoms with van der Waals surface area (Å²) in [6.45, 7) is 6.91. The van der Waals surface area contributed by atoms with Gasteiger partial charge in [-0.2, -0.15) is 0 Å². The average molecular weight is 391 g/mol. The van der Waals surface area contributed by atoms with Crippen LogP contribution in [0, 0.1) is 19.3 Å². The second kappa shape index (κ2) is 6.45. The van der Waals surface area contributed by atoms with E-state index in [2.05, 4.69) is 81.4 Å². The second-order valence-corrected chi connectivity index (χ2v) is 10.1. The van der Waals surface area contributed by atoms with E-state index in [1.807, 2.05) is 0 Å². The fourth-order valence-electron chi connectivity index (χ4n) is 6.37. The van der Waals surface area contributed by atoms with E-state index in [4.69, 9.17) is 0 Å². The number of hydrogen-bond donors (Lipinski definition) is 0. The molecule has 0 aliphatic heterocycles. The monoisotopic (exact) mass is 390 g/mol. The Morgan fingerprint density at radius 2 is 1.20 bits per heavy atom. The van der Waals surface area contributed by atoms with Crippen LogP contribution in [0.15, 0.2) is 60.7 Å². The third kappa shape index (κ3) is 2.73. The van der Waals surface area contributed by atoms with Crippen LogP contribution in [-0.2, 0) is 19.3 Å². The fourth-order valence-corrected chi connectivity index (χ4v) is 6.37. The first kappa shape index (κ1) is 18.2. The van der Waals surface area contributed by atoms with Gasteiger partial charge in [-0.15, -0.1) is 0 Å². The van der Waals surface area contributed by atoms with Crippen LogP contribution in [0.3, 0.4) is 0 Å². The summed E-state index contributed by atoms with van der Waals surface area (Å²) < 4.78 is 0. The van der Waals surface area contributed by atoms with Gasteiger partial charge in [0.2, 0.25) is 0 Å². The molecule has 2 unspecified atom stereocenters. The van der Waals surface area contributed by atoms with Gasteiger partial charge in [-0.25, -0.2) is 0 Å². The van der Waals surface area contributed by atoms with Gasteiger partial charge in [-0.3, -0.25) is 0 Å². The lowest BCUT2D eigenvalue weighted by Crippen LogP contribution is -2.37. The first-order chi connectivity index (χ1) is 14.5. The standard InChI is InChI=1S/C30H30/c1-19-4-6-22-14-24-8-10-30(18-28(24)16-26(22)12-19)11-9-25-15-23-7-5-20(2)13-27(23)17-29(25)21(30)3/h4-7,12-17,21H,8-11,18H2,1-3H3. The summed E-state index contributed by atoms with van der Waals surface area (Å²) in [6, 6.07) is 23.7. The van der Waals surface area contributed by atoms with Gasteiger partial charge in [-0.05, 0) is 101 Å². The first-order valence-corrected chi connectivity index (χ1v) is 11.6. The molecule has 0 nitrogen and oxygen atoms in total. The molecule has 0 radical (unpaired) electrons. The number of hydrogen-bond acceptors (Lipinski definition) is 0. The first-order valence-electron chi connectivity index (χ1n) is 11.6. The van der Waals surface area contributed by atoms with Crippen molar-refractivity contribution in [2.75, 3.05) is 0 Å². The Hall–Kier alpha value is -2.60. The third-order valence-corrected chi connectivity index (χ3v) is 8.28. The third-order valence-electron chi connectivity index (χ3n) is 8.28. The SMILES string of the molecule is Cc1ccc2cc3c(cc2c1)CC1(CC3)CCc2cc3ccc(C)cc3cc2C1C. The molecule has 0 saturated carbocycles. The van der Waals surface area contributed by atoms with Gasteiger partial charge in [-0.1, -0.05) is 78.7 Å². The molecule has 0 fully saturated rings. The van der Waals surface area contributed by atoms with Crippen molar-refractivity contribution in [1.82, 2.24) is 0 Å². The molecular weight excluding hydrogens is 360 g/mol. The van der Waals surface area contributed by atoms with E-state index >= 15 is 0 Å². The quantitative estimate of drug-likeness (QED) is 0.287. The topological polar surface area (TPSA) is 0 Å². The van der Waals surface area contributed by atoms with Gasteiger partial charge in [0.1, 0.15) is 0 Å². The molecule has 0 amide bonds. The molecule has 2 aliphatic rings. The van der Waals surface area contributed by atoms with E-state index in [-0.39, 0.29) is 0 Å². The van der Waals surface area contributed by atoms with Gasteiger partial charge in [0.25, 0.3) is 0 Å². The van der Waals surface area contributed by atoms with Crippen LogP contribution in [0.1, 0.15) is 59.1 Å². The molecule has 0 heterocycles. The van der Waals surface area contributed by atoms with Crippen molar-refractivity contribution in [2.24, 2.45) is 5.41 Å². The van der Waals surface area contributed by atoms with Crippen LogP contribution >= 0.6 is 0 Å². The highest BCUT2D eigenvalue weighted by molar-refractivity contribution is 5.86. The minimum atomic E-state index is 0.412. The van der Waals surface area contributed by atoms with Crippen LogP contribution in [0.5, 0.6) is 0 Å². The molecule has 0 saturated heterocycles. The Labute approximate surface area is 179 Å². The summed E-state index contributed by atoms with van der Waals surface area (Å²) in [5.74, 6) is 0.618. The summed E-state index contributed by atoms with van der Waals surface area (Å²) in [5.41, 5.74) is 9.51. The highest BCUT2D eigenvalue weighted by Crippen LogP contribution is 2.53. The van der Waals surface area contributed by atoms with Gasteiger partial charge >= 0.3 is 0 Å². The Kier molecular flexibility index (Phi) is 3.91. The highest BCUT2D eigenvalue weighted by atomic mass is 14.5. The van der Waals surface area contributed by atoms with Crippen molar-refractivity contribution in [1.29, 1.82) is 0 Å². The average Bonchev–Trinajstić information content (AvgIpc) is 2.74. The molecule has 6 rings (SSSR count). The zero-order valence-corrected chi connectivity index (χ0v) is 18.4. The molecule has 0 aromatic heterocycles. The van der Waals surface area contributed by atoms with Crippen LogP contribution in [0.4, 0.5) is 0 Å². The smallest absolute Gasteiger partial charge is 0.0127 e. The predicted octanol–water partition coefficient (Wildman–Crippen LogP) is 7.83. The predicted molar refractivity (Wildman–Crippen MR) is 129 cm³/mol. The Balaban J connectivity index is 1.43. The fraction of sp³-hybridized carbons (Fsp3) is 0.333. The molecule has 0 heteroatoms. The van der Waals surface area contributed by atoms with Gasteiger partial charge in [0.15, 0.2) is 0 Å². The van der Waals surface area contributed by atoms with E-state index in [1.54, 1.807) is 22.3 Å². The summed E-state index contributed by atoms with van der Waals surface area (Å²) >= 11 is 0. The van der Waals surface area contributed by atoms with Crippen molar-refractivity contribution >= 4 is 21.5 Å². The van der Waals surface area contributed by atoms with Crippen LogP contribution in [0.25, 0.3) is 21.5 Å². The van der Waals surface area contributed by atoms with E-state index in [0.29, 0.717) is 11.3 Å². The molecule has 30 heavy (non-hydrogen) atoms. The minimum Gasteiger partial charge on any atom is -0.0587 e. The molecule has 0 N–H and O–H groups in total. The number of aryl methyl sites for hydroxylation is 4. The van der Waals surface area contributed by atoms with Gasteiger partial charge < -0.3 is 0 Å². The second-order valence-electron chi connectivity index (χ2n) is 10.1. The molecule has 2 aliphatic carbocycles. The minimum absolute atomic E-state index is 0.412. The maximum Gasteiger partial charge on any atom is -0.0127 e. The van der Waals surface area contributed by atoms with Crippen LogP contribution in [0.2, 0.25) is 0 Å². The van der Waals surface area contributed by atoms with Gasteiger partial charge in [0.05, 0.1) is 0 Å². The van der Waals surface area contributed by atoms with Crippen LogP contribution < -0.4 is 0 Å². The lowest BCUT2D eigenvalue weighted by molar-refractivity contribution is 0.168. The summed E-state index contributed by atoms with van der Waals surface area (Å²) in [6.07, 6.45) is 6.34. The van der Waals surface area contributed by atoms with Crippen molar-refractivity contribution in [3.63, 3.8) is 0 Å².